The molecule has 0 saturated carbocycles. The molecule has 0 unspecified atom stereocenters. The quantitative estimate of drug-likeness (QED) is 0.468. The molecule has 0 rings (SSSR count). The van der Waals surface area contributed by atoms with Crippen molar-refractivity contribution >= 4 is 18.9 Å². The van der Waals surface area contributed by atoms with E-state index in [-0.39, 0.29) is 18.9 Å². The summed E-state index contributed by atoms with van der Waals surface area (Å²) in [5, 5.41) is 0. The third-order valence-electron chi connectivity index (χ3n) is 0.558. The molecule has 0 aromatic heterocycles. The summed E-state index contributed by atoms with van der Waals surface area (Å²) in [4.78, 5) is 0. The Hall–Kier alpha value is 0.557. The number of nitrogens with two attached hydrogens (primary N) is 1. The first kappa shape index (κ1) is 9.75. The van der Waals surface area contributed by atoms with Crippen LogP contribution in [0.3, 0.4) is 0 Å². The Morgan fingerprint density at radius 1 is 1.50 bits per heavy atom. The fourth-order valence-corrected chi connectivity index (χ4v) is 0.204. The van der Waals surface area contributed by atoms with Gasteiger partial charge in [0, 0.05) is 0 Å². The van der Waals surface area contributed by atoms with Gasteiger partial charge in [-0.2, -0.15) is 0 Å². The zero-order valence-electron chi connectivity index (χ0n) is 3.70. The Bertz CT molecular complexity index is 15.0. The van der Waals surface area contributed by atoms with Crippen LogP contribution in [0, 0.1) is 0 Å². The van der Waals surface area contributed by atoms with Crippen molar-refractivity contribution in [1.82, 2.24) is 0 Å². The molecule has 34 valence electrons. The van der Waals surface area contributed by atoms with Crippen molar-refractivity contribution < 1.29 is 0 Å². The van der Waals surface area contributed by atoms with Crippen LogP contribution in [0.2, 0.25) is 0 Å². The average molecular weight is 81.1 g/mol. The average Bonchev–Trinajstić information content (AvgIpc) is 1.41. The van der Waals surface area contributed by atoms with Crippen LogP contribution in [0.1, 0.15) is 19.8 Å². The van der Waals surface area contributed by atoms with Crippen molar-refractivity contribution in [3.8, 4) is 0 Å². The molecule has 2 heteroatoms. The molecule has 0 radical (unpaired) electrons. The standard InChI is InChI=1S/C4H11N.Li.H/c1-2-3-4-5;;/h2-5H2,1H3;;. The summed E-state index contributed by atoms with van der Waals surface area (Å²) in [5.74, 6) is 0. The van der Waals surface area contributed by atoms with Crippen molar-refractivity contribution in [2.75, 3.05) is 6.54 Å². The van der Waals surface area contributed by atoms with Crippen molar-refractivity contribution in [1.29, 1.82) is 0 Å². The van der Waals surface area contributed by atoms with Crippen LogP contribution >= 0.6 is 0 Å². The van der Waals surface area contributed by atoms with Crippen LogP contribution in [0.25, 0.3) is 0 Å². The molecule has 0 heterocycles. The van der Waals surface area contributed by atoms with E-state index >= 15 is 0 Å². The minimum absolute atomic E-state index is 0. The van der Waals surface area contributed by atoms with E-state index in [4.69, 9.17) is 5.73 Å². The van der Waals surface area contributed by atoms with Gasteiger partial charge in [-0.05, 0) is 13.0 Å². The van der Waals surface area contributed by atoms with Gasteiger partial charge in [0.15, 0.2) is 0 Å². The second kappa shape index (κ2) is 9.12. The first-order valence-corrected chi connectivity index (χ1v) is 2.12. The van der Waals surface area contributed by atoms with E-state index in [0.717, 1.165) is 6.54 Å². The Morgan fingerprint density at radius 2 is 2.00 bits per heavy atom. The summed E-state index contributed by atoms with van der Waals surface area (Å²) < 4.78 is 0. The SMILES string of the molecule is CCCCN.[LiH]. The molecule has 0 aromatic rings. The maximum absolute atomic E-state index is 5.14. The molecule has 1 nitrogen and oxygen atoms in total. The molecular weight excluding hydrogens is 69.0 g/mol. The van der Waals surface area contributed by atoms with Gasteiger partial charge in [0.25, 0.3) is 0 Å². The summed E-state index contributed by atoms with van der Waals surface area (Å²) in [5.41, 5.74) is 5.14. The van der Waals surface area contributed by atoms with Gasteiger partial charge in [-0.15, -0.1) is 0 Å². The fraction of sp³-hybridized carbons (Fsp3) is 1.00. The van der Waals surface area contributed by atoms with E-state index in [2.05, 4.69) is 6.92 Å². The van der Waals surface area contributed by atoms with Crippen LogP contribution in [-0.4, -0.2) is 25.4 Å². The van der Waals surface area contributed by atoms with Gasteiger partial charge in [-0.1, -0.05) is 13.3 Å². The predicted molar refractivity (Wildman–Crippen MR) is 31.1 cm³/mol. The van der Waals surface area contributed by atoms with Crippen LogP contribution < -0.4 is 5.73 Å². The molecule has 0 aliphatic carbocycles. The van der Waals surface area contributed by atoms with Gasteiger partial charge in [0.05, 0.1) is 0 Å². The minimum atomic E-state index is 0. The Kier molecular flexibility index (Phi) is 14.8. The van der Waals surface area contributed by atoms with Crippen molar-refractivity contribution in [3.63, 3.8) is 0 Å². The monoisotopic (exact) mass is 81.1 g/mol. The number of hydrogen-bond acceptors (Lipinski definition) is 1. The molecule has 0 aliphatic rings. The molecule has 0 fully saturated rings. The summed E-state index contributed by atoms with van der Waals surface area (Å²) in [7, 11) is 0. The number of rotatable bonds is 2. The van der Waals surface area contributed by atoms with Gasteiger partial charge in [0.1, 0.15) is 0 Å². The van der Waals surface area contributed by atoms with Gasteiger partial charge in [-0.3, -0.25) is 0 Å². The molecule has 0 atom stereocenters. The van der Waals surface area contributed by atoms with E-state index in [1.807, 2.05) is 0 Å². The molecule has 2 N–H and O–H groups in total. The van der Waals surface area contributed by atoms with Crippen LogP contribution in [-0.2, 0) is 0 Å². The first-order chi connectivity index (χ1) is 2.41. The van der Waals surface area contributed by atoms with E-state index in [0.29, 0.717) is 0 Å². The molecule has 0 saturated heterocycles. The van der Waals surface area contributed by atoms with Crippen molar-refractivity contribution in [2.24, 2.45) is 5.73 Å². The molecule has 6 heavy (non-hydrogen) atoms. The topological polar surface area (TPSA) is 26.0 Å². The van der Waals surface area contributed by atoms with E-state index in [1.165, 1.54) is 12.8 Å². The zero-order valence-corrected chi connectivity index (χ0v) is 3.70. The van der Waals surface area contributed by atoms with E-state index < -0.39 is 0 Å². The van der Waals surface area contributed by atoms with Gasteiger partial charge in [-0.25, -0.2) is 0 Å². The predicted octanol–water partition coefficient (Wildman–Crippen LogP) is 0.0967. The van der Waals surface area contributed by atoms with Crippen LogP contribution in [0.15, 0.2) is 0 Å². The second-order valence-electron chi connectivity index (χ2n) is 1.14. The molecule has 0 bridgehead atoms. The van der Waals surface area contributed by atoms with Crippen molar-refractivity contribution in [3.05, 3.63) is 0 Å². The molecular formula is C4H12LiN. The molecule has 0 aromatic carbocycles. The molecule has 0 amide bonds. The summed E-state index contributed by atoms with van der Waals surface area (Å²) in [6.45, 7) is 2.98. The Labute approximate surface area is 51.5 Å². The molecule has 0 spiro atoms. The van der Waals surface area contributed by atoms with Gasteiger partial charge >= 0.3 is 18.9 Å². The second-order valence-corrected chi connectivity index (χ2v) is 1.14. The third kappa shape index (κ3) is 8.82. The van der Waals surface area contributed by atoms with E-state index in [9.17, 15) is 0 Å². The summed E-state index contributed by atoms with van der Waals surface area (Å²) >= 11 is 0. The summed E-state index contributed by atoms with van der Waals surface area (Å²) in [6.07, 6.45) is 2.39. The first-order valence-electron chi connectivity index (χ1n) is 2.12. The van der Waals surface area contributed by atoms with Crippen molar-refractivity contribution in [2.45, 2.75) is 19.8 Å². The summed E-state index contributed by atoms with van der Waals surface area (Å²) in [6, 6.07) is 0. The Morgan fingerprint density at radius 3 is 2.00 bits per heavy atom. The normalized spacial score (nSPS) is 7.00. The van der Waals surface area contributed by atoms with Gasteiger partial charge in [0.2, 0.25) is 0 Å². The van der Waals surface area contributed by atoms with E-state index in [1.54, 1.807) is 0 Å². The fourth-order valence-electron chi connectivity index (χ4n) is 0.204. The number of hydrogen-bond donors (Lipinski definition) is 1. The molecule has 0 aliphatic heterocycles. The zero-order chi connectivity index (χ0) is 4.12. The maximum atomic E-state index is 5.14. The van der Waals surface area contributed by atoms with Gasteiger partial charge < -0.3 is 5.73 Å². The Balaban J connectivity index is 0. The third-order valence-corrected chi connectivity index (χ3v) is 0.558. The number of unbranched alkanes of at least 4 members (excludes halogenated alkanes) is 1. The van der Waals surface area contributed by atoms with Crippen LogP contribution in [0.5, 0.6) is 0 Å². The van der Waals surface area contributed by atoms with Crippen LogP contribution in [0.4, 0.5) is 0 Å².